The van der Waals surface area contributed by atoms with Crippen LogP contribution in [0.1, 0.15) is 33.6 Å². The van der Waals surface area contributed by atoms with Crippen molar-refractivity contribution in [2.24, 2.45) is 0 Å². The number of ether oxygens (including phenoxy) is 1. The van der Waals surface area contributed by atoms with E-state index in [0.29, 0.717) is 46.3 Å². The Bertz CT molecular complexity index is 900. The van der Waals surface area contributed by atoms with Crippen LogP contribution in [0.2, 0.25) is 5.02 Å². The van der Waals surface area contributed by atoms with Gasteiger partial charge in [-0.3, -0.25) is 19.3 Å². The van der Waals surface area contributed by atoms with Gasteiger partial charge in [0.25, 0.3) is 11.8 Å². The summed E-state index contributed by atoms with van der Waals surface area (Å²) in [6.07, 6.45) is 1.49. The molecule has 0 atom stereocenters. The largest absolute Gasteiger partial charge is 0.495 e. The van der Waals surface area contributed by atoms with Crippen LogP contribution in [0.4, 0.5) is 5.69 Å². The molecule has 1 N–H and O–H groups in total. The summed E-state index contributed by atoms with van der Waals surface area (Å²) in [4.78, 5) is 38.0. The molecule has 0 saturated carbocycles. The van der Waals surface area contributed by atoms with Gasteiger partial charge in [0.2, 0.25) is 5.91 Å². The maximum Gasteiger partial charge on any atom is 0.261 e. The van der Waals surface area contributed by atoms with E-state index in [-0.39, 0.29) is 17.7 Å². The molecule has 0 aromatic heterocycles. The van der Waals surface area contributed by atoms with Gasteiger partial charge < -0.3 is 10.1 Å². The number of benzene rings is 2. The molecule has 152 valence electrons. The second kappa shape index (κ2) is 9.80. The van der Waals surface area contributed by atoms with E-state index in [1.54, 1.807) is 42.5 Å². The van der Waals surface area contributed by atoms with Crippen molar-refractivity contribution in [2.75, 3.05) is 30.5 Å². The van der Waals surface area contributed by atoms with E-state index in [4.69, 9.17) is 16.3 Å². The summed E-state index contributed by atoms with van der Waals surface area (Å²) in [6.45, 7) is 0.388. The van der Waals surface area contributed by atoms with Gasteiger partial charge in [0.15, 0.2) is 0 Å². The molecule has 29 heavy (non-hydrogen) atoms. The Hall–Kier alpha value is -2.51. The maximum atomic E-state index is 12.3. The Morgan fingerprint density at radius 1 is 1.10 bits per heavy atom. The first-order chi connectivity index (χ1) is 14.0. The van der Waals surface area contributed by atoms with Gasteiger partial charge in [-0.2, -0.15) is 11.8 Å². The number of methoxy groups -OCH3 is 1. The number of thioether (sulfide) groups is 1. The second-order valence-corrected chi connectivity index (χ2v) is 8.00. The van der Waals surface area contributed by atoms with Gasteiger partial charge in [0.1, 0.15) is 5.75 Å². The number of amides is 3. The van der Waals surface area contributed by atoms with Crippen LogP contribution in [0.3, 0.4) is 0 Å². The molecule has 0 spiro atoms. The van der Waals surface area contributed by atoms with Crippen LogP contribution in [0.5, 0.6) is 5.75 Å². The molecule has 0 fully saturated rings. The van der Waals surface area contributed by atoms with Gasteiger partial charge in [0.05, 0.1) is 29.7 Å². The molecule has 0 saturated heterocycles. The van der Waals surface area contributed by atoms with Crippen molar-refractivity contribution < 1.29 is 19.1 Å². The third-order valence-corrected chi connectivity index (χ3v) is 5.75. The zero-order chi connectivity index (χ0) is 20.8. The fraction of sp³-hybridized carbons (Fsp3) is 0.286. The zero-order valence-corrected chi connectivity index (χ0v) is 17.5. The van der Waals surface area contributed by atoms with Gasteiger partial charge in [-0.15, -0.1) is 0 Å². The summed E-state index contributed by atoms with van der Waals surface area (Å²) in [6, 6.07) is 11.9. The lowest BCUT2D eigenvalue weighted by Crippen LogP contribution is -2.30. The maximum absolute atomic E-state index is 12.3. The molecule has 0 radical (unpaired) electrons. The zero-order valence-electron chi connectivity index (χ0n) is 15.9. The molecule has 6 nitrogen and oxygen atoms in total. The summed E-state index contributed by atoms with van der Waals surface area (Å²) in [5.41, 5.74) is 1.48. The fourth-order valence-electron chi connectivity index (χ4n) is 3.05. The first-order valence-corrected chi connectivity index (χ1v) is 10.7. The number of carbonyl (C=O) groups excluding carboxylic acids is 3. The highest BCUT2D eigenvalue weighted by Crippen LogP contribution is 2.28. The monoisotopic (exact) mass is 432 g/mol. The molecule has 1 heterocycles. The van der Waals surface area contributed by atoms with Crippen molar-refractivity contribution in [1.29, 1.82) is 0 Å². The Balaban J connectivity index is 1.37. The minimum absolute atomic E-state index is 0.143. The van der Waals surface area contributed by atoms with Crippen molar-refractivity contribution in [1.82, 2.24) is 4.90 Å². The molecule has 3 rings (SSSR count). The molecule has 0 bridgehead atoms. The Kier molecular flexibility index (Phi) is 7.17. The molecular weight excluding hydrogens is 412 g/mol. The number of halogens is 1. The number of hydrogen-bond donors (Lipinski definition) is 1. The standard InChI is InChI=1S/C21H21ClN2O4S/c1-28-18-9-8-14(22)12-17(18)23-19(25)13-29-11-5-4-10-24-20(26)15-6-2-3-7-16(15)21(24)27/h2-3,6-9,12H,4-5,10-11,13H2,1H3,(H,23,25). The minimum atomic E-state index is -0.229. The summed E-state index contributed by atoms with van der Waals surface area (Å²) >= 11 is 7.45. The van der Waals surface area contributed by atoms with Gasteiger partial charge in [-0.05, 0) is 48.9 Å². The number of nitrogens with one attached hydrogen (secondary N) is 1. The molecule has 1 aliphatic heterocycles. The smallest absolute Gasteiger partial charge is 0.261 e. The highest BCUT2D eigenvalue weighted by molar-refractivity contribution is 7.99. The molecule has 1 aliphatic rings. The third kappa shape index (κ3) is 5.10. The SMILES string of the molecule is COc1ccc(Cl)cc1NC(=O)CSCCCCN1C(=O)c2ccccc2C1=O. The highest BCUT2D eigenvalue weighted by Gasteiger charge is 2.34. The van der Waals surface area contributed by atoms with Crippen molar-refractivity contribution in [2.45, 2.75) is 12.8 Å². The lowest BCUT2D eigenvalue weighted by atomic mass is 10.1. The Morgan fingerprint density at radius 2 is 1.79 bits per heavy atom. The van der Waals surface area contributed by atoms with Gasteiger partial charge in [0, 0.05) is 11.6 Å². The predicted molar refractivity (Wildman–Crippen MR) is 115 cm³/mol. The molecule has 3 amide bonds. The van der Waals surface area contributed by atoms with Crippen LogP contribution >= 0.6 is 23.4 Å². The molecule has 0 aliphatic carbocycles. The average molecular weight is 433 g/mol. The van der Waals surface area contributed by atoms with Crippen molar-refractivity contribution in [3.8, 4) is 5.75 Å². The molecular formula is C21H21ClN2O4S. The first kappa shape index (κ1) is 21.2. The van der Waals surface area contributed by atoms with Gasteiger partial charge in [-0.25, -0.2) is 0 Å². The number of rotatable bonds is 9. The van der Waals surface area contributed by atoms with E-state index >= 15 is 0 Å². The van der Waals surface area contributed by atoms with E-state index in [9.17, 15) is 14.4 Å². The number of anilines is 1. The van der Waals surface area contributed by atoms with E-state index in [2.05, 4.69) is 5.32 Å². The number of imide groups is 1. The number of unbranched alkanes of at least 4 members (excludes halogenated alkanes) is 1. The first-order valence-electron chi connectivity index (χ1n) is 9.17. The van der Waals surface area contributed by atoms with Crippen LogP contribution < -0.4 is 10.1 Å². The van der Waals surface area contributed by atoms with Gasteiger partial charge >= 0.3 is 0 Å². The van der Waals surface area contributed by atoms with Crippen LogP contribution in [-0.2, 0) is 4.79 Å². The lowest BCUT2D eigenvalue weighted by molar-refractivity contribution is -0.113. The molecule has 8 heteroatoms. The summed E-state index contributed by atoms with van der Waals surface area (Å²) in [5.74, 6) is 0.997. The average Bonchev–Trinajstić information content (AvgIpc) is 2.95. The summed E-state index contributed by atoms with van der Waals surface area (Å²) < 4.78 is 5.21. The van der Waals surface area contributed by atoms with Crippen LogP contribution in [0.15, 0.2) is 42.5 Å². The van der Waals surface area contributed by atoms with Crippen LogP contribution in [0.25, 0.3) is 0 Å². The molecule has 2 aromatic rings. The number of hydrogen-bond acceptors (Lipinski definition) is 5. The highest BCUT2D eigenvalue weighted by atomic mass is 35.5. The topological polar surface area (TPSA) is 75.7 Å². The van der Waals surface area contributed by atoms with E-state index in [1.807, 2.05) is 0 Å². The Morgan fingerprint density at radius 3 is 2.45 bits per heavy atom. The van der Waals surface area contributed by atoms with Crippen molar-refractivity contribution in [3.63, 3.8) is 0 Å². The number of fused-ring (bicyclic) bond motifs is 1. The summed E-state index contributed by atoms with van der Waals surface area (Å²) in [7, 11) is 1.53. The number of nitrogens with zero attached hydrogens (tertiary/aromatic N) is 1. The van der Waals surface area contributed by atoms with Crippen molar-refractivity contribution >= 4 is 46.8 Å². The third-order valence-electron chi connectivity index (χ3n) is 4.47. The van der Waals surface area contributed by atoms with Crippen LogP contribution in [0, 0.1) is 0 Å². The van der Waals surface area contributed by atoms with Crippen LogP contribution in [-0.4, -0.2) is 47.8 Å². The molecule has 0 unspecified atom stereocenters. The minimum Gasteiger partial charge on any atom is -0.495 e. The van der Waals surface area contributed by atoms with E-state index in [1.165, 1.54) is 23.8 Å². The fourth-order valence-corrected chi connectivity index (χ4v) is 4.03. The molecule has 2 aromatic carbocycles. The van der Waals surface area contributed by atoms with E-state index in [0.717, 1.165) is 12.2 Å². The Labute approximate surface area is 178 Å². The van der Waals surface area contributed by atoms with Crippen molar-refractivity contribution in [3.05, 3.63) is 58.6 Å². The van der Waals surface area contributed by atoms with Gasteiger partial charge in [-0.1, -0.05) is 23.7 Å². The normalized spacial score (nSPS) is 12.8. The van der Waals surface area contributed by atoms with E-state index < -0.39 is 0 Å². The number of carbonyl (C=O) groups is 3. The predicted octanol–water partition coefficient (Wildman–Crippen LogP) is 4.10. The quantitative estimate of drug-likeness (QED) is 0.477. The lowest BCUT2D eigenvalue weighted by Gasteiger charge is -2.13. The second-order valence-electron chi connectivity index (χ2n) is 6.46. The summed E-state index contributed by atoms with van der Waals surface area (Å²) in [5, 5.41) is 3.31.